The lowest BCUT2D eigenvalue weighted by atomic mass is 10.0. The van der Waals surface area contributed by atoms with Crippen molar-refractivity contribution < 1.29 is 23.7 Å². The van der Waals surface area contributed by atoms with Gasteiger partial charge >= 0.3 is 6.09 Å². The number of methoxy groups -OCH3 is 2. The van der Waals surface area contributed by atoms with Gasteiger partial charge in [-0.25, -0.2) is 4.79 Å². The van der Waals surface area contributed by atoms with Crippen LogP contribution in [0, 0.1) is 0 Å². The van der Waals surface area contributed by atoms with Gasteiger partial charge in [0.25, 0.3) is 0 Å². The van der Waals surface area contributed by atoms with Gasteiger partial charge in [0.2, 0.25) is 5.79 Å². The molecule has 0 saturated carbocycles. The van der Waals surface area contributed by atoms with E-state index in [1.54, 1.807) is 20.8 Å². The molecule has 2 saturated heterocycles. The van der Waals surface area contributed by atoms with Crippen molar-refractivity contribution >= 4 is 6.09 Å². The third-order valence-corrected chi connectivity index (χ3v) is 3.86. The summed E-state index contributed by atoms with van der Waals surface area (Å²) < 4.78 is 22.0. The lowest BCUT2D eigenvalue weighted by Crippen LogP contribution is -2.55. The van der Waals surface area contributed by atoms with Gasteiger partial charge in [0.05, 0.1) is 12.1 Å². The average molecular weight is 314 g/mol. The Balaban J connectivity index is 2.31. The number of carbonyl (C=O) groups is 1. The summed E-state index contributed by atoms with van der Waals surface area (Å²) in [7, 11) is 2.98. The predicted octanol–water partition coefficient (Wildman–Crippen LogP) is 1.67. The first-order valence-electron chi connectivity index (χ1n) is 7.03. The summed E-state index contributed by atoms with van der Waals surface area (Å²) in [4.78, 5) is 16.8. The van der Waals surface area contributed by atoms with Crippen LogP contribution in [0.3, 0.4) is 0 Å². The van der Waals surface area contributed by atoms with Crippen LogP contribution < -0.4 is 0 Å². The van der Waals surface area contributed by atoms with Crippen molar-refractivity contribution in [3.63, 3.8) is 0 Å². The zero-order valence-corrected chi connectivity index (χ0v) is 13.5. The molecule has 0 aliphatic carbocycles. The molecule has 0 bridgehead atoms. The first-order chi connectivity index (χ1) is 10.3. The van der Waals surface area contributed by atoms with E-state index in [0.717, 1.165) is 0 Å². The van der Waals surface area contributed by atoms with E-state index in [1.165, 1.54) is 19.1 Å². The molecule has 0 N–H and O–H groups in total. The fourth-order valence-corrected chi connectivity index (χ4v) is 2.91. The molecule has 0 aromatic heterocycles. The number of fused-ring (bicyclic) bond motifs is 1. The van der Waals surface area contributed by atoms with Gasteiger partial charge in [0, 0.05) is 25.7 Å². The predicted molar refractivity (Wildman–Crippen MR) is 76.2 cm³/mol. The Bertz CT molecular complexity index is 481. The molecule has 0 aromatic carbocycles. The highest BCUT2D eigenvalue weighted by Crippen LogP contribution is 2.40. The van der Waals surface area contributed by atoms with Crippen molar-refractivity contribution in [2.75, 3.05) is 27.4 Å². The standard InChI is InChI=1S/C13H22N4O5/c1-12(2,3)22-11(18)17-6-8(15-16-14)9-10(17)13(19-4,20-5)7-21-9/h8-10H,6-7H2,1-5H3/t8-,9-,10+/m1/s1. The van der Waals surface area contributed by atoms with Crippen LogP contribution in [0.25, 0.3) is 10.4 Å². The van der Waals surface area contributed by atoms with Gasteiger partial charge in [-0.1, -0.05) is 5.11 Å². The van der Waals surface area contributed by atoms with Crippen LogP contribution in [-0.2, 0) is 18.9 Å². The zero-order chi connectivity index (χ0) is 16.5. The van der Waals surface area contributed by atoms with Gasteiger partial charge in [-0.2, -0.15) is 0 Å². The molecule has 22 heavy (non-hydrogen) atoms. The maximum Gasteiger partial charge on any atom is 0.410 e. The Morgan fingerprint density at radius 3 is 2.55 bits per heavy atom. The van der Waals surface area contributed by atoms with Gasteiger partial charge in [-0.3, -0.25) is 4.90 Å². The summed E-state index contributed by atoms with van der Waals surface area (Å²) in [5.41, 5.74) is 8.07. The van der Waals surface area contributed by atoms with E-state index in [-0.39, 0.29) is 13.2 Å². The van der Waals surface area contributed by atoms with E-state index < -0.39 is 35.7 Å². The van der Waals surface area contributed by atoms with Crippen LogP contribution in [0.4, 0.5) is 4.79 Å². The summed E-state index contributed by atoms with van der Waals surface area (Å²) in [5.74, 6) is -1.10. The SMILES string of the molecule is COC1(OC)CO[C@H]2[C@@H]1N(C(=O)OC(C)(C)C)C[C@H]2N=[N+]=[N-]. The lowest BCUT2D eigenvalue weighted by molar-refractivity contribution is -0.224. The molecule has 2 aliphatic rings. The molecule has 9 heteroatoms. The minimum Gasteiger partial charge on any atom is -0.444 e. The second kappa shape index (κ2) is 5.92. The van der Waals surface area contributed by atoms with Crippen molar-refractivity contribution in [1.82, 2.24) is 4.90 Å². The Hall–Kier alpha value is -1.54. The van der Waals surface area contributed by atoms with Crippen LogP contribution in [0.5, 0.6) is 0 Å². The van der Waals surface area contributed by atoms with Crippen LogP contribution in [0.1, 0.15) is 20.8 Å². The Morgan fingerprint density at radius 1 is 1.41 bits per heavy atom. The Kier molecular flexibility index (Phi) is 4.53. The fraction of sp³-hybridized carbons (Fsp3) is 0.923. The van der Waals surface area contributed by atoms with Gasteiger partial charge < -0.3 is 18.9 Å². The second-order valence-corrected chi connectivity index (χ2v) is 6.35. The number of azide groups is 1. The lowest BCUT2D eigenvalue weighted by Gasteiger charge is -2.36. The molecule has 2 rings (SSSR count). The summed E-state index contributed by atoms with van der Waals surface area (Å²) >= 11 is 0. The molecule has 2 fully saturated rings. The molecule has 0 aromatic rings. The highest BCUT2D eigenvalue weighted by atomic mass is 16.7. The van der Waals surface area contributed by atoms with Gasteiger partial charge in [0.1, 0.15) is 18.2 Å². The van der Waals surface area contributed by atoms with Gasteiger partial charge in [-0.15, -0.1) is 0 Å². The van der Waals surface area contributed by atoms with E-state index >= 15 is 0 Å². The smallest absolute Gasteiger partial charge is 0.410 e. The van der Waals surface area contributed by atoms with Crippen LogP contribution in [0.15, 0.2) is 5.11 Å². The van der Waals surface area contributed by atoms with E-state index in [1.807, 2.05) is 0 Å². The van der Waals surface area contributed by atoms with Crippen molar-refractivity contribution in [3.05, 3.63) is 10.4 Å². The number of amides is 1. The van der Waals surface area contributed by atoms with Crippen molar-refractivity contribution in [1.29, 1.82) is 0 Å². The van der Waals surface area contributed by atoms with Crippen LogP contribution in [-0.4, -0.2) is 67.9 Å². The number of rotatable bonds is 3. The highest BCUT2D eigenvalue weighted by molar-refractivity contribution is 5.69. The summed E-state index contributed by atoms with van der Waals surface area (Å²) in [5, 5.41) is 3.72. The second-order valence-electron chi connectivity index (χ2n) is 6.35. The molecule has 9 nitrogen and oxygen atoms in total. The van der Waals surface area contributed by atoms with Crippen molar-refractivity contribution in [3.8, 4) is 0 Å². The number of carbonyl (C=O) groups excluding carboxylic acids is 1. The van der Waals surface area contributed by atoms with E-state index in [0.29, 0.717) is 0 Å². The van der Waals surface area contributed by atoms with Gasteiger partial charge in [-0.05, 0) is 26.3 Å². The average Bonchev–Trinajstić information content (AvgIpc) is 2.97. The van der Waals surface area contributed by atoms with E-state index in [9.17, 15) is 4.79 Å². The third-order valence-electron chi connectivity index (χ3n) is 3.86. The largest absolute Gasteiger partial charge is 0.444 e. The number of hydrogen-bond donors (Lipinski definition) is 0. The van der Waals surface area contributed by atoms with Crippen LogP contribution >= 0.6 is 0 Å². The molecular weight excluding hydrogens is 292 g/mol. The number of hydrogen-bond acceptors (Lipinski definition) is 6. The van der Waals surface area contributed by atoms with Crippen LogP contribution in [0.2, 0.25) is 0 Å². The number of ether oxygens (including phenoxy) is 4. The fourth-order valence-electron chi connectivity index (χ4n) is 2.91. The molecule has 1 amide bonds. The first kappa shape index (κ1) is 16.8. The molecule has 0 spiro atoms. The quantitative estimate of drug-likeness (QED) is 0.341. The maximum absolute atomic E-state index is 12.5. The molecule has 0 unspecified atom stereocenters. The Labute approximate surface area is 129 Å². The minimum atomic E-state index is -1.10. The topological polar surface area (TPSA) is 106 Å². The first-order valence-corrected chi connectivity index (χ1v) is 7.03. The monoisotopic (exact) mass is 314 g/mol. The molecule has 124 valence electrons. The number of nitrogens with zero attached hydrogens (tertiary/aromatic N) is 4. The molecule has 2 heterocycles. The zero-order valence-electron chi connectivity index (χ0n) is 13.5. The van der Waals surface area contributed by atoms with E-state index in [2.05, 4.69) is 10.0 Å². The maximum atomic E-state index is 12.5. The Morgan fingerprint density at radius 2 is 2.05 bits per heavy atom. The van der Waals surface area contributed by atoms with Crippen molar-refractivity contribution in [2.24, 2.45) is 5.11 Å². The summed E-state index contributed by atoms with van der Waals surface area (Å²) in [6.45, 7) is 5.70. The third kappa shape index (κ3) is 2.85. The summed E-state index contributed by atoms with van der Waals surface area (Å²) in [6, 6.07) is -1.04. The minimum absolute atomic E-state index is 0.145. The number of likely N-dealkylation sites (tertiary alicyclic amines) is 1. The molecule has 3 atom stereocenters. The normalized spacial score (nSPS) is 29.9. The molecule has 2 aliphatic heterocycles. The summed E-state index contributed by atoms with van der Waals surface area (Å²) in [6.07, 6.45) is -0.995. The van der Waals surface area contributed by atoms with E-state index in [4.69, 9.17) is 24.5 Å². The van der Waals surface area contributed by atoms with Gasteiger partial charge in [0.15, 0.2) is 0 Å². The highest BCUT2D eigenvalue weighted by Gasteiger charge is 2.62. The molecular formula is C13H22N4O5. The molecule has 0 radical (unpaired) electrons. The van der Waals surface area contributed by atoms with Crippen molar-refractivity contribution in [2.45, 2.75) is 50.3 Å².